The van der Waals surface area contributed by atoms with Crippen molar-refractivity contribution in [1.82, 2.24) is 0 Å². The summed E-state index contributed by atoms with van der Waals surface area (Å²) in [5, 5.41) is 0. The van der Waals surface area contributed by atoms with Crippen LogP contribution in [0, 0.1) is 10.8 Å². The highest BCUT2D eigenvalue weighted by Gasteiger charge is 2.57. The zero-order chi connectivity index (χ0) is 22.9. The summed E-state index contributed by atoms with van der Waals surface area (Å²) < 4.78 is 34.7. The highest BCUT2D eigenvalue weighted by Crippen LogP contribution is 2.49. The summed E-state index contributed by atoms with van der Waals surface area (Å²) in [6.45, 7) is 1.36. The Balaban J connectivity index is 1.24. The van der Waals surface area contributed by atoms with Crippen LogP contribution in [0.1, 0.15) is 43.0 Å². The molecule has 176 valence electrons. The molecule has 3 aliphatic rings. The van der Waals surface area contributed by atoms with Crippen LogP contribution in [0.5, 0.6) is 11.5 Å². The average Bonchev–Trinajstić information content (AvgIpc) is 2.88. The minimum atomic E-state index is -0.652. The number of ketones is 1. The van der Waals surface area contributed by atoms with Gasteiger partial charge in [-0.1, -0.05) is 30.7 Å². The largest absolute Gasteiger partial charge is 0.497 e. The van der Waals surface area contributed by atoms with Crippen LogP contribution in [0.15, 0.2) is 48.5 Å². The molecule has 0 atom stereocenters. The van der Waals surface area contributed by atoms with E-state index in [9.17, 15) is 4.79 Å². The maximum atomic E-state index is 13.8. The van der Waals surface area contributed by atoms with Gasteiger partial charge >= 0.3 is 0 Å². The van der Waals surface area contributed by atoms with E-state index < -0.39 is 23.4 Å². The molecule has 0 aromatic heterocycles. The summed E-state index contributed by atoms with van der Waals surface area (Å²) in [5.41, 5.74) is 0.521. The van der Waals surface area contributed by atoms with Crippen molar-refractivity contribution < 1.29 is 33.2 Å². The van der Waals surface area contributed by atoms with Crippen LogP contribution in [0.3, 0.4) is 0 Å². The third-order valence-electron chi connectivity index (χ3n) is 7.09. The summed E-state index contributed by atoms with van der Waals surface area (Å²) in [6, 6.07) is 15.2. The van der Waals surface area contributed by atoms with Gasteiger partial charge in [-0.3, -0.25) is 4.79 Å². The first-order valence-corrected chi connectivity index (χ1v) is 11.4. The molecule has 0 bridgehead atoms. The van der Waals surface area contributed by atoms with Crippen LogP contribution in [0.4, 0.5) is 0 Å². The molecule has 33 heavy (non-hydrogen) atoms. The summed E-state index contributed by atoms with van der Waals surface area (Å²) in [4.78, 5) is 13.8. The molecule has 0 radical (unpaired) electrons. The third-order valence-corrected chi connectivity index (χ3v) is 7.09. The SMILES string of the molecule is COc1ccc(C2OCC3(CCCC4(COC(c5ccc(OC)cc5)OC4)C3=O)CO2)cc1. The van der Waals surface area contributed by atoms with Crippen molar-refractivity contribution in [2.24, 2.45) is 10.8 Å². The van der Waals surface area contributed by atoms with Gasteiger partial charge in [0.25, 0.3) is 0 Å². The van der Waals surface area contributed by atoms with Crippen molar-refractivity contribution >= 4 is 5.78 Å². The van der Waals surface area contributed by atoms with E-state index in [0.29, 0.717) is 26.4 Å². The lowest BCUT2D eigenvalue weighted by Gasteiger charge is -2.50. The molecule has 2 aromatic rings. The first-order chi connectivity index (χ1) is 16.1. The fraction of sp³-hybridized carbons (Fsp3) is 0.500. The Bertz CT molecular complexity index is 876. The molecule has 7 heteroatoms. The van der Waals surface area contributed by atoms with Gasteiger partial charge in [0.15, 0.2) is 18.4 Å². The van der Waals surface area contributed by atoms with E-state index in [4.69, 9.17) is 28.4 Å². The van der Waals surface area contributed by atoms with Gasteiger partial charge in [-0.05, 0) is 37.1 Å². The standard InChI is InChI=1S/C26H30O7/c1-28-20-8-4-18(5-9-20)22-30-14-25(15-31-22)12-3-13-26(24(25)27)16-32-23(33-17-26)19-6-10-21(29-2)11-7-19/h4-11,22-23H,3,12-17H2,1-2H3. The number of carbonyl (C=O) groups excluding carboxylic acids is 1. The Hall–Kier alpha value is -2.45. The fourth-order valence-electron chi connectivity index (χ4n) is 5.13. The van der Waals surface area contributed by atoms with Crippen molar-refractivity contribution in [2.75, 3.05) is 40.6 Å². The van der Waals surface area contributed by atoms with E-state index in [1.54, 1.807) is 14.2 Å². The topological polar surface area (TPSA) is 72.5 Å². The molecule has 2 saturated heterocycles. The Labute approximate surface area is 193 Å². The number of hydrogen-bond donors (Lipinski definition) is 0. The van der Waals surface area contributed by atoms with Crippen LogP contribution < -0.4 is 9.47 Å². The lowest BCUT2D eigenvalue weighted by molar-refractivity contribution is -0.261. The van der Waals surface area contributed by atoms with Gasteiger partial charge in [-0.25, -0.2) is 0 Å². The van der Waals surface area contributed by atoms with Gasteiger partial charge in [0, 0.05) is 11.1 Å². The van der Waals surface area contributed by atoms with Crippen LogP contribution in [-0.2, 0) is 23.7 Å². The van der Waals surface area contributed by atoms with Crippen LogP contribution in [0.2, 0.25) is 0 Å². The monoisotopic (exact) mass is 454 g/mol. The number of carbonyl (C=O) groups is 1. The van der Waals surface area contributed by atoms with Crippen molar-refractivity contribution in [3.8, 4) is 11.5 Å². The lowest BCUT2D eigenvalue weighted by Crippen LogP contribution is -2.58. The first kappa shape index (κ1) is 22.3. The summed E-state index contributed by atoms with van der Waals surface area (Å²) >= 11 is 0. The van der Waals surface area contributed by atoms with Gasteiger partial charge in [0.2, 0.25) is 0 Å². The number of benzene rings is 2. The summed E-state index contributed by atoms with van der Waals surface area (Å²) in [7, 11) is 3.27. The number of rotatable bonds is 4. The second-order valence-electron chi connectivity index (χ2n) is 9.20. The van der Waals surface area contributed by atoms with E-state index in [1.807, 2.05) is 48.5 Å². The van der Waals surface area contributed by atoms with Gasteiger partial charge < -0.3 is 28.4 Å². The molecule has 2 aliphatic heterocycles. The Kier molecular flexibility index (Phi) is 6.14. The normalized spacial score (nSPS) is 32.1. The highest BCUT2D eigenvalue weighted by atomic mass is 16.7. The molecule has 1 aliphatic carbocycles. The zero-order valence-electron chi connectivity index (χ0n) is 19.1. The van der Waals surface area contributed by atoms with Crippen molar-refractivity contribution in [3.63, 3.8) is 0 Å². The minimum absolute atomic E-state index is 0.141. The molecule has 1 saturated carbocycles. The van der Waals surface area contributed by atoms with Crippen LogP contribution in [-0.4, -0.2) is 46.4 Å². The summed E-state index contributed by atoms with van der Waals surface area (Å²) in [6.07, 6.45) is 1.46. The quantitative estimate of drug-likeness (QED) is 0.685. The van der Waals surface area contributed by atoms with E-state index in [2.05, 4.69) is 0 Å². The molecule has 2 heterocycles. The molecule has 0 unspecified atom stereocenters. The Morgan fingerprint density at radius 1 is 0.667 bits per heavy atom. The predicted octanol–water partition coefficient (Wildman–Crippen LogP) is 4.22. The second-order valence-corrected chi connectivity index (χ2v) is 9.20. The highest BCUT2D eigenvalue weighted by molar-refractivity contribution is 5.92. The smallest absolute Gasteiger partial charge is 0.183 e. The van der Waals surface area contributed by atoms with Crippen LogP contribution in [0.25, 0.3) is 0 Å². The zero-order valence-corrected chi connectivity index (χ0v) is 19.1. The molecule has 0 N–H and O–H groups in total. The minimum Gasteiger partial charge on any atom is -0.497 e. The van der Waals surface area contributed by atoms with Crippen molar-refractivity contribution in [2.45, 2.75) is 31.8 Å². The molecular weight excluding hydrogens is 424 g/mol. The number of Topliss-reactive ketones (excluding diaryl/α,β-unsaturated/α-hetero) is 1. The molecular formula is C26H30O7. The van der Waals surface area contributed by atoms with Crippen molar-refractivity contribution in [3.05, 3.63) is 59.7 Å². The third kappa shape index (κ3) is 4.15. The number of methoxy groups -OCH3 is 2. The van der Waals surface area contributed by atoms with Crippen LogP contribution >= 0.6 is 0 Å². The van der Waals surface area contributed by atoms with Gasteiger partial charge in [-0.2, -0.15) is 0 Å². The van der Waals surface area contributed by atoms with E-state index in [0.717, 1.165) is 41.9 Å². The maximum absolute atomic E-state index is 13.8. The van der Waals surface area contributed by atoms with E-state index in [1.165, 1.54) is 0 Å². The van der Waals surface area contributed by atoms with Gasteiger partial charge in [0.05, 0.1) is 51.5 Å². The molecule has 7 nitrogen and oxygen atoms in total. The number of hydrogen-bond acceptors (Lipinski definition) is 7. The molecule has 5 rings (SSSR count). The van der Waals surface area contributed by atoms with Crippen molar-refractivity contribution in [1.29, 1.82) is 0 Å². The van der Waals surface area contributed by atoms with Gasteiger partial charge in [-0.15, -0.1) is 0 Å². The fourth-order valence-corrected chi connectivity index (χ4v) is 5.13. The molecule has 0 amide bonds. The maximum Gasteiger partial charge on any atom is 0.183 e. The number of ether oxygens (including phenoxy) is 6. The first-order valence-electron chi connectivity index (χ1n) is 11.4. The average molecular weight is 455 g/mol. The summed E-state index contributed by atoms with van der Waals surface area (Å²) in [5.74, 6) is 1.70. The Morgan fingerprint density at radius 3 is 1.36 bits per heavy atom. The second kappa shape index (κ2) is 9.06. The van der Waals surface area contributed by atoms with E-state index >= 15 is 0 Å². The lowest BCUT2D eigenvalue weighted by atomic mass is 9.61. The van der Waals surface area contributed by atoms with Gasteiger partial charge in [0.1, 0.15) is 11.5 Å². The van der Waals surface area contributed by atoms with E-state index in [-0.39, 0.29) is 5.78 Å². The molecule has 3 fully saturated rings. The molecule has 2 aromatic carbocycles. The molecule has 2 spiro atoms. The Morgan fingerprint density at radius 2 is 1.03 bits per heavy atom. The predicted molar refractivity (Wildman–Crippen MR) is 119 cm³/mol.